The third-order valence-electron chi connectivity index (χ3n) is 3.20. The van der Waals surface area contributed by atoms with Crippen LogP contribution in [-0.4, -0.2) is 44.4 Å². The summed E-state index contributed by atoms with van der Waals surface area (Å²) in [6.07, 6.45) is 1.51. The molecule has 1 aromatic carbocycles. The Bertz CT molecular complexity index is 400. The molecule has 5 nitrogen and oxygen atoms in total. The SMILES string of the molecule is CCC(CO)NC(=O)NCCc1ccc(N(C)C)cc1. The van der Waals surface area contributed by atoms with Crippen LogP contribution < -0.4 is 15.5 Å². The summed E-state index contributed by atoms with van der Waals surface area (Å²) in [4.78, 5) is 13.6. The van der Waals surface area contributed by atoms with Crippen LogP contribution in [0.25, 0.3) is 0 Å². The van der Waals surface area contributed by atoms with Crippen molar-refractivity contribution in [2.24, 2.45) is 0 Å². The number of aliphatic hydroxyl groups excluding tert-OH is 1. The quantitative estimate of drug-likeness (QED) is 0.706. The van der Waals surface area contributed by atoms with Gasteiger partial charge in [0.25, 0.3) is 0 Å². The van der Waals surface area contributed by atoms with Gasteiger partial charge in [-0.1, -0.05) is 19.1 Å². The molecule has 1 aromatic rings. The monoisotopic (exact) mass is 279 g/mol. The molecule has 112 valence electrons. The molecule has 0 aliphatic rings. The average molecular weight is 279 g/mol. The van der Waals surface area contributed by atoms with Gasteiger partial charge in [0.15, 0.2) is 0 Å². The van der Waals surface area contributed by atoms with Crippen molar-refractivity contribution in [2.45, 2.75) is 25.8 Å². The number of amides is 2. The van der Waals surface area contributed by atoms with Crippen LogP contribution in [0, 0.1) is 0 Å². The first-order valence-corrected chi connectivity index (χ1v) is 6.98. The highest BCUT2D eigenvalue weighted by atomic mass is 16.3. The van der Waals surface area contributed by atoms with Crippen LogP contribution in [0.15, 0.2) is 24.3 Å². The molecule has 0 aromatic heterocycles. The highest BCUT2D eigenvalue weighted by Gasteiger charge is 2.07. The Morgan fingerprint density at radius 2 is 1.95 bits per heavy atom. The van der Waals surface area contributed by atoms with Gasteiger partial charge in [0.05, 0.1) is 12.6 Å². The third kappa shape index (κ3) is 5.48. The molecule has 0 bridgehead atoms. The van der Waals surface area contributed by atoms with Crippen molar-refractivity contribution < 1.29 is 9.90 Å². The Kier molecular flexibility index (Phi) is 6.87. The number of anilines is 1. The van der Waals surface area contributed by atoms with E-state index in [4.69, 9.17) is 5.11 Å². The fourth-order valence-electron chi connectivity index (χ4n) is 1.79. The number of hydrogen-bond acceptors (Lipinski definition) is 3. The van der Waals surface area contributed by atoms with Crippen molar-refractivity contribution >= 4 is 11.7 Å². The zero-order chi connectivity index (χ0) is 15.0. The minimum absolute atomic E-state index is 0.0318. The molecule has 0 aliphatic carbocycles. The van der Waals surface area contributed by atoms with E-state index in [0.717, 1.165) is 18.5 Å². The lowest BCUT2D eigenvalue weighted by molar-refractivity contribution is 0.214. The molecule has 1 rings (SSSR count). The van der Waals surface area contributed by atoms with E-state index in [2.05, 4.69) is 39.8 Å². The van der Waals surface area contributed by atoms with Gasteiger partial charge in [-0.05, 0) is 30.5 Å². The molecule has 20 heavy (non-hydrogen) atoms. The van der Waals surface area contributed by atoms with Gasteiger partial charge in [0, 0.05) is 26.3 Å². The van der Waals surface area contributed by atoms with Crippen LogP contribution in [0.1, 0.15) is 18.9 Å². The second-order valence-corrected chi connectivity index (χ2v) is 5.00. The molecule has 0 fully saturated rings. The van der Waals surface area contributed by atoms with Crippen molar-refractivity contribution in [1.82, 2.24) is 10.6 Å². The number of rotatable bonds is 7. The summed E-state index contributed by atoms with van der Waals surface area (Å²) in [7, 11) is 4.01. The maximum absolute atomic E-state index is 11.6. The molecular formula is C15H25N3O2. The first-order chi connectivity index (χ1) is 9.56. The number of aliphatic hydroxyl groups is 1. The topological polar surface area (TPSA) is 64.6 Å². The first-order valence-electron chi connectivity index (χ1n) is 6.98. The zero-order valence-electron chi connectivity index (χ0n) is 12.5. The van der Waals surface area contributed by atoms with E-state index in [-0.39, 0.29) is 18.7 Å². The Labute approximate surface area is 121 Å². The second kappa shape index (κ2) is 8.43. The van der Waals surface area contributed by atoms with Crippen LogP contribution in [0.5, 0.6) is 0 Å². The molecule has 5 heteroatoms. The predicted molar refractivity (Wildman–Crippen MR) is 82.2 cm³/mol. The standard InChI is InChI=1S/C15H25N3O2/c1-4-13(11-19)17-15(20)16-10-9-12-5-7-14(8-6-12)18(2)3/h5-8,13,19H,4,9-11H2,1-3H3,(H2,16,17,20). The summed E-state index contributed by atoms with van der Waals surface area (Å²) in [5.74, 6) is 0. The van der Waals surface area contributed by atoms with Crippen LogP contribution in [-0.2, 0) is 6.42 Å². The summed E-state index contributed by atoms with van der Waals surface area (Å²) in [5.41, 5.74) is 2.35. The second-order valence-electron chi connectivity index (χ2n) is 5.00. The molecule has 0 heterocycles. The van der Waals surface area contributed by atoms with E-state index >= 15 is 0 Å². The van der Waals surface area contributed by atoms with Crippen molar-refractivity contribution in [2.75, 3.05) is 32.1 Å². The van der Waals surface area contributed by atoms with Crippen LogP contribution >= 0.6 is 0 Å². The van der Waals surface area contributed by atoms with Gasteiger partial charge < -0.3 is 20.6 Å². The number of hydrogen-bond donors (Lipinski definition) is 3. The summed E-state index contributed by atoms with van der Waals surface area (Å²) >= 11 is 0. The fourth-order valence-corrected chi connectivity index (χ4v) is 1.79. The van der Waals surface area contributed by atoms with Crippen molar-refractivity contribution in [1.29, 1.82) is 0 Å². The van der Waals surface area contributed by atoms with Gasteiger partial charge in [-0.3, -0.25) is 0 Å². The largest absolute Gasteiger partial charge is 0.394 e. The van der Waals surface area contributed by atoms with Crippen molar-refractivity contribution in [3.63, 3.8) is 0 Å². The number of urea groups is 1. The minimum Gasteiger partial charge on any atom is -0.394 e. The van der Waals surface area contributed by atoms with E-state index in [1.165, 1.54) is 5.56 Å². The van der Waals surface area contributed by atoms with E-state index < -0.39 is 0 Å². The molecule has 0 saturated carbocycles. The smallest absolute Gasteiger partial charge is 0.315 e. The van der Waals surface area contributed by atoms with Gasteiger partial charge in [0.2, 0.25) is 0 Å². The molecule has 0 aliphatic heterocycles. The Hall–Kier alpha value is -1.75. The Morgan fingerprint density at radius 1 is 1.30 bits per heavy atom. The highest BCUT2D eigenvalue weighted by Crippen LogP contribution is 2.12. The Morgan fingerprint density at radius 3 is 2.45 bits per heavy atom. The van der Waals surface area contributed by atoms with E-state index in [1.54, 1.807) is 0 Å². The lowest BCUT2D eigenvalue weighted by Crippen LogP contribution is -2.44. The maximum atomic E-state index is 11.6. The molecule has 3 N–H and O–H groups in total. The maximum Gasteiger partial charge on any atom is 0.315 e. The number of carbonyl (C=O) groups excluding carboxylic acids is 1. The lowest BCUT2D eigenvalue weighted by atomic mass is 10.1. The molecule has 0 saturated heterocycles. The molecule has 1 atom stereocenters. The van der Waals surface area contributed by atoms with Gasteiger partial charge in [-0.2, -0.15) is 0 Å². The average Bonchev–Trinajstić information content (AvgIpc) is 2.45. The Balaban J connectivity index is 2.31. The van der Waals surface area contributed by atoms with E-state index in [9.17, 15) is 4.79 Å². The van der Waals surface area contributed by atoms with Gasteiger partial charge >= 0.3 is 6.03 Å². The van der Waals surface area contributed by atoms with Crippen molar-refractivity contribution in [3.05, 3.63) is 29.8 Å². The number of carbonyl (C=O) groups is 1. The van der Waals surface area contributed by atoms with Gasteiger partial charge in [-0.25, -0.2) is 4.79 Å². The summed E-state index contributed by atoms with van der Waals surface area (Å²) in [5, 5.41) is 14.5. The number of nitrogens with zero attached hydrogens (tertiary/aromatic N) is 1. The molecule has 0 radical (unpaired) electrons. The van der Waals surface area contributed by atoms with E-state index in [1.807, 2.05) is 21.0 Å². The third-order valence-corrected chi connectivity index (χ3v) is 3.20. The predicted octanol–water partition coefficient (Wildman–Crippen LogP) is 1.37. The van der Waals surface area contributed by atoms with Crippen LogP contribution in [0.3, 0.4) is 0 Å². The number of benzene rings is 1. The summed E-state index contributed by atoms with van der Waals surface area (Å²) in [6.45, 7) is 2.47. The van der Waals surface area contributed by atoms with Crippen LogP contribution in [0.2, 0.25) is 0 Å². The normalized spacial score (nSPS) is 11.8. The van der Waals surface area contributed by atoms with E-state index in [0.29, 0.717) is 6.54 Å². The van der Waals surface area contributed by atoms with Crippen LogP contribution in [0.4, 0.5) is 10.5 Å². The fraction of sp³-hybridized carbons (Fsp3) is 0.533. The molecular weight excluding hydrogens is 254 g/mol. The van der Waals surface area contributed by atoms with Crippen molar-refractivity contribution in [3.8, 4) is 0 Å². The zero-order valence-corrected chi connectivity index (χ0v) is 12.5. The molecule has 0 spiro atoms. The first kappa shape index (κ1) is 16.3. The molecule has 1 unspecified atom stereocenters. The number of nitrogens with one attached hydrogen (secondary N) is 2. The summed E-state index contributed by atoms with van der Waals surface area (Å²) < 4.78 is 0. The van der Waals surface area contributed by atoms with Gasteiger partial charge in [-0.15, -0.1) is 0 Å². The highest BCUT2D eigenvalue weighted by molar-refractivity contribution is 5.74. The minimum atomic E-state index is -0.226. The van der Waals surface area contributed by atoms with Gasteiger partial charge in [0.1, 0.15) is 0 Å². The lowest BCUT2D eigenvalue weighted by Gasteiger charge is -2.15. The summed E-state index contributed by atoms with van der Waals surface area (Å²) in [6, 6.07) is 7.86. The molecule has 2 amide bonds.